The first kappa shape index (κ1) is 19.4. The predicted molar refractivity (Wildman–Crippen MR) is 125 cm³/mol. The Balaban J connectivity index is 1.39. The third kappa shape index (κ3) is 2.72. The highest BCUT2D eigenvalue weighted by Crippen LogP contribution is 2.53. The van der Waals surface area contributed by atoms with Crippen LogP contribution >= 0.6 is 0 Å². The molecule has 7 nitrogen and oxygen atoms in total. The number of pyridine rings is 2. The number of anilines is 2. The number of nitrogens with zero attached hydrogens (tertiary/aromatic N) is 4. The monoisotopic (exact) mass is 426 g/mol. The minimum atomic E-state index is -0.853. The van der Waals surface area contributed by atoms with Gasteiger partial charge in [0.1, 0.15) is 0 Å². The van der Waals surface area contributed by atoms with Crippen LogP contribution in [0.2, 0.25) is 0 Å². The lowest BCUT2D eigenvalue weighted by Gasteiger charge is -2.58. The first-order chi connectivity index (χ1) is 15.6. The molecule has 9 rings (SSSR count). The molecule has 0 amide bonds. The van der Waals surface area contributed by atoms with Crippen LogP contribution in [0.15, 0.2) is 73.2 Å². The molecule has 0 radical (unpaired) electrons. The average Bonchev–Trinajstić information content (AvgIpc) is 3.03. The van der Waals surface area contributed by atoms with Gasteiger partial charge in [0.05, 0.1) is 46.6 Å². The fraction of sp³-hybridized carbons (Fsp3) is 0.280. The van der Waals surface area contributed by atoms with Crippen molar-refractivity contribution in [3.8, 4) is 0 Å². The van der Waals surface area contributed by atoms with Crippen molar-refractivity contribution in [1.82, 2.24) is 15.0 Å². The van der Waals surface area contributed by atoms with Gasteiger partial charge in [-0.25, -0.2) is 0 Å². The van der Waals surface area contributed by atoms with Gasteiger partial charge in [0.15, 0.2) is 5.66 Å². The molecule has 3 aromatic rings. The zero-order chi connectivity index (χ0) is 21.9. The Morgan fingerprint density at radius 3 is 2.97 bits per heavy atom. The maximum Gasteiger partial charge on any atom is 0.173 e. The number of aliphatic hydroxyl groups excluding tert-OH is 1. The Labute approximate surface area is 186 Å². The topological polar surface area (TPSA) is 90.5 Å². The number of nitrogens with one attached hydrogen (secondary N) is 1. The molecule has 5 aliphatic heterocycles. The zero-order valence-corrected chi connectivity index (χ0v) is 17.8. The molecule has 2 aromatic heterocycles. The molecule has 32 heavy (non-hydrogen) atoms. The van der Waals surface area contributed by atoms with Crippen molar-refractivity contribution in [3.63, 3.8) is 0 Å². The maximum atomic E-state index is 10.3. The van der Waals surface area contributed by atoms with Gasteiger partial charge in [-0.15, -0.1) is 0 Å². The van der Waals surface area contributed by atoms with Crippen LogP contribution < -0.4 is 16.1 Å². The van der Waals surface area contributed by atoms with Crippen LogP contribution in [0, 0.1) is 0 Å². The lowest BCUT2D eigenvalue weighted by Crippen LogP contribution is -2.72. The van der Waals surface area contributed by atoms with Gasteiger partial charge in [0.2, 0.25) is 0 Å². The lowest BCUT2D eigenvalue weighted by atomic mass is 9.95. The highest BCUT2D eigenvalue weighted by Gasteiger charge is 2.58. The normalized spacial score (nSPS) is 27.6. The summed E-state index contributed by atoms with van der Waals surface area (Å²) in [5.74, 6) is 0. The lowest BCUT2D eigenvalue weighted by molar-refractivity contribution is 0.0261. The minimum Gasteiger partial charge on any atom is -0.391 e. The van der Waals surface area contributed by atoms with E-state index >= 15 is 0 Å². The molecule has 4 N–H and O–H groups in total. The summed E-state index contributed by atoms with van der Waals surface area (Å²) in [6, 6.07) is 12.4. The summed E-state index contributed by atoms with van der Waals surface area (Å²) in [6.07, 6.45) is 9.89. The summed E-state index contributed by atoms with van der Waals surface area (Å²) >= 11 is 0. The average molecular weight is 427 g/mol. The second kappa shape index (κ2) is 7.13. The van der Waals surface area contributed by atoms with E-state index in [4.69, 9.17) is 5.73 Å². The van der Waals surface area contributed by atoms with E-state index in [1.54, 1.807) is 6.08 Å². The molecule has 2 fully saturated rings. The van der Waals surface area contributed by atoms with E-state index < -0.39 is 5.66 Å². The summed E-state index contributed by atoms with van der Waals surface area (Å²) in [7, 11) is 0. The highest BCUT2D eigenvalue weighted by atomic mass is 16.3. The van der Waals surface area contributed by atoms with Gasteiger partial charge in [-0.1, -0.05) is 24.8 Å². The summed E-state index contributed by atoms with van der Waals surface area (Å²) < 4.78 is 0. The maximum absolute atomic E-state index is 10.3. The summed E-state index contributed by atoms with van der Waals surface area (Å²) in [5, 5.41) is 19.3. The molecule has 162 valence electrons. The molecule has 1 unspecified atom stereocenters. The van der Waals surface area contributed by atoms with Crippen molar-refractivity contribution in [3.05, 3.63) is 84.5 Å². The van der Waals surface area contributed by atoms with Crippen molar-refractivity contribution in [2.75, 3.05) is 10.3 Å². The summed E-state index contributed by atoms with van der Waals surface area (Å²) in [6.45, 7) is 4.51. The number of rotatable bonds is 5. The third-order valence-corrected chi connectivity index (χ3v) is 6.86. The number of nitrogens with two attached hydrogens (primary N) is 1. The Hall–Kier alpha value is -3.26. The number of benzene rings is 1. The third-order valence-electron chi connectivity index (χ3n) is 6.86. The van der Waals surface area contributed by atoms with E-state index in [2.05, 4.69) is 50.1 Å². The van der Waals surface area contributed by atoms with Crippen LogP contribution in [0.4, 0.5) is 11.4 Å². The Kier molecular flexibility index (Phi) is 4.33. The van der Waals surface area contributed by atoms with E-state index in [1.165, 1.54) is 0 Å². The molecule has 0 spiro atoms. The van der Waals surface area contributed by atoms with Crippen LogP contribution in [-0.2, 0) is 12.2 Å². The molecule has 6 aliphatic rings. The molecule has 7 heterocycles. The summed E-state index contributed by atoms with van der Waals surface area (Å²) in [4.78, 5) is 9.11. The van der Waals surface area contributed by atoms with E-state index in [9.17, 15) is 5.11 Å². The van der Waals surface area contributed by atoms with E-state index in [0.717, 1.165) is 58.5 Å². The van der Waals surface area contributed by atoms with Crippen molar-refractivity contribution >= 4 is 22.3 Å². The number of hydrogen-bond donors (Lipinski definition) is 3. The highest BCUT2D eigenvalue weighted by molar-refractivity contribution is 5.80. The fourth-order valence-corrected chi connectivity index (χ4v) is 5.21. The summed E-state index contributed by atoms with van der Waals surface area (Å²) in [5.41, 5.74) is 11.9. The van der Waals surface area contributed by atoms with Crippen LogP contribution in [0.1, 0.15) is 30.5 Å². The van der Waals surface area contributed by atoms with Crippen LogP contribution in [0.5, 0.6) is 0 Å². The largest absolute Gasteiger partial charge is 0.391 e. The molecule has 1 saturated heterocycles. The first-order valence-electron chi connectivity index (χ1n) is 11.1. The molecule has 4 bridgehead atoms. The zero-order valence-electron chi connectivity index (χ0n) is 17.8. The number of hydrazine groups is 1. The van der Waals surface area contributed by atoms with E-state index in [-0.39, 0.29) is 12.1 Å². The van der Waals surface area contributed by atoms with E-state index in [0.29, 0.717) is 6.54 Å². The van der Waals surface area contributed by atoms with Gasteiger partial charge in [0, 0.05) is 18.1 Å². The number of aromatic nitrogens is 2. The van der Waals surface area contributed by atoms with E-state index in [1.807, 2.05) is 36.7 Å². The number of allylic oxidation sites excluding steroid dienone is 2. The van der Waals surface area contributed by atoms with Crippen LogP contribution in [-0.4, -0.2) is 32.2 Å². The molecular weight excluding hydrogens is 400 g/mol. The fourth-order valence-electron chi connectivity index (χ4n) is 5.21. The molecule has 7 heteroatoms. The van der Waals surface area contributed by atoms with Crippen molar-refractivity contribution < 1.29 is 5.11 Å². The van der Waals surface area contributed by atoms with Crippen molar-refractivity contribution in [2.24, 2.45) is 5.73 Å². The van der Waals surface area contributed by atoms with Gasteiger partial charge in [-0.3, -0.25) is 15.0 Å². The van der Waals surface area contributed by atoms with Gasteiger partial charge in [-0.05, 0) is 55.2 Å². The quantitative estimate of drug-likeness (QED) is 0.576. The van der Waals surface area contributed by atoms with Crippen molar-refractivity contribution in [1.29, 1.82) is 0 Å². The Morgan fingerprint density at radius 1 is 1.25 bits per heavy atom. The van der Waals surface area contributed by atoms with Crippen molar-refractivity contribution in [2.45, 2.75) is 43.6 Å². The standard InChI is InChI=1S/C25H26N6O/c1-2-5-24-25(26)23-13-20(29-19-7-3-8-22(19)32)21(14-28-23)31(24)30(25)15-16-9-10-18-17(12-16)6-4-11-27-18/h2,4-6,9-14,19,22,32H,1,3,7-8,15,26H2,(H,28,29)/t19-,22-,25?/m1/s1. The molecule has 3 atom stereocenters. The molecular formula is C25H26N6O. The van der Waals surface area contributed by atoms with Crippen LogP contribution in [0.3, 0.4) is 0 Å². The SMILES string of the molecule is C=CC=C1N2c3cnc(cc3N[C@@H]3CCC[C@H]3O)C1(N)N2Cc1ccc2ncccc2c1. The second-order valence-electron chi connectivity index (χ2n) is 8.79. The van der Waals surface area contributed by atoms with Gasteiger partial charge >= 0.3 is 0 Å². The molecule has 1 saturated carbocycles. The number of hydrogen-bond acceptors (Lipinski definition) is 7. The first-order valence-corrected chi connectivity index (χ1v) is 11.1. The number of fused-ring (bicyclic) bond motifs is 1. The van der Waals surface area contributed by atoms with Gasteiger partial charge < -0.3 is 16.2 Å². The second-order valence-corrected chi connectivity index (χ2v) is 8.79. The molecule has 1 aliphatic carbocycles. The predicted octanol–water partition coefficient (Wildman–Crippen LogP) is 3.39. The molecule has 1 aromatic carbocycles. The van der Waals surface area contributed by atoms with Crippen LogP contribution in [0.25, 0.3) is 10.9 Å². The minimum absolute atomic E-state index is 0.0440. The van der Waals surface area contributed by atoms with Gasteiger partial charge in [-0.2, -0.15) is 5.01 Å². The Bertz CT molecular complexity index is 1260. The Morgan fingerprint density at radius 2 is 2.16 bits per heavy atom. The number of aliphatic hydroxyl groups is 1. The smallest absolute Gasteiger partial charge is 0.173 e. The van der Waals surface area contributed by atoms with Gasteiger partial charge in [0.25, 0.3) is 0 Å².